The summed E-state index contributed by atoms with van der Waals surface area (Å²) in [6.45, 7) is 1.66. The van der Waals surface area contributed by atoms with E-state index in [1.54, 1.807) is 0 Å². The second kappa shape index (κ2) is 4.02. The molecule has 0 saturated carbocycles. The van der Waals surface area contributed by atoms with E-state index >= 15 is 0 Å². The first-order chi connectivity index (χ1) is 7.34. The van der Waals surface area contributed by atoms with Gasteiger partial charge >= 0.3 is 0 Å². The van der Waals surface area contributed by atoms with Crippen molar-refractivity contribution in [1.29, 1.82) is 0 Å². The summed E-state index contributed by atoms with van der Waals surface area (Å²) in [5.74, 6) is 0.689. The maximum atomic E-state index is 14.1. The van der Waals surface area contributed by atoms with Gasteiger partial charge in [-0.05, 0) is 38.0 Å². The Morgan fingerprint density at radius 3 is 2.93 bits per heavy atom. The molecule has 2 nitrogen and oxygen atoms in total. The van der Waals surface area contributed by atoms with Gasteiger partial charge in [-0.15, -0.1) is 0 Å². The molecule has 1 N–H and O–H groups in total. The molecular formula is C12H20FNO. The zero-order valence-electron chi connectivity index (χ0n) is 9.12. The van der Waals surface area contributed by atoms with E-state index in [1.807, 2.05) is 0 Å². The van der Waals surface area contributed by atoms with Crippen molar-refractivity contribution < 1.29 is 9.13 Å². The smallest absolute Gasteiger partial charge is 0.106 e. The second-order valence-corrected chi connectivity index (χ2v) is 5.35. The Bertz CT molecular complexity index is 230. The summed E-state index contributed by atoms with van der Waals surface area (Å²) >= 11 is 0. The predicted octanol–water partition coefficient (Wildman–Crippen LogP) is 1.89. The summed E-state index contributed by atoms with van der Waals surface area (Å²) in [4.78, 5) is 0. The number of fused-ring (bicyclic) bond motifs is 2. The first kappa shape index (κ1) is 10.0. The molecule has 5 unspecified atom stereocenters. The first-order valence-corrected chi connectivity index (χ1v) is 6.32. The third-order valence-corrected chi connectivity index (χ3v) is 4.41. The van der Waals surface area contributed by atoms with E-state index in [0.29, 0.717) is 18.0 Å². The minimum Gasteiger partial charge on any atom is -0.381 e. The number of piperidine rings is 1. The quantitative estimate of drug-likeness (QED) is 0.718. The van der Waals surface area contributed by atoms with Gasteiger partial charge in [-0.3, -0.25) is 0 Å². The Balaban J connectivity index is 1.71. The van der Waals surface area contributed by atoms with E-state index in [4.69, 9.17) is 4.74 Å². The molecule has 3 saturated heterocycles. The van der Waals surface area contributed by atoms with Crippen molar-refractivity contribution in [3.8, 4) is 0 Å². The minimum atomic E-state index is -0.588. The van der Waals surface area contributed by atoms with Crippen LogP contribution in [0.4, 0.5) is 4.39 Å². The summed E-state index contributed by atoms with van der Waals surface area (Å²) < 4.78 is 19.6. The Morgan fingerprint density at radius 1 is 1.20 bits per heavy atom. The van der Waals surface area contributed by atoms with E-state index in [0.717, 1.165) is 32.5 Å². The fourth-order valence-corrected chi connectivity index (χ4v) is 3.71. The lowest BCUT2D eigenvalue weighted by Gasteiger charge is -2.39. The number of alkyl halides is 1. The maximum Gasteiger partial charge on any atom is 0.106 e. The highest BCUT2D eigenvalue weighted by Crippen LogP contribution is 2.40. The number of nitrogens with one attached hydrogen (secondary N) is 1. The normalized spacial score (nSPS) is 50.6. The largest absolute Gasteiger partial charge is 0.381 e. The average Bonchev–Trinajstić information content (AvgIpc) is 2.62. The SMILES string of the molecule is FC1CC2CCC(N2)C1C1CCCOC1. The molecule has 3 aliphatic heterocycles. The van der Waals surface area contributed by atoms with Gasteiger partial charge < -0.3 is 10.1 Å². The van der Waals surface area contributed by atoms with Crippen LogP contribution in [0.2, 0.25) is 0 Å². The fraction of sp³-hybridized carbons (Fsp3) is 1.00. The standard InChI is InChI=1S/C12H20FNO/c13-10-6-9-3-4-11(14-9)12(10)8-2-1-5-15-7-8/h8-12,14H,1-7H2. The Labute approximate surface area is 90.6 Å². The zero-order valence-corrected chi connectivity index (χ0v) is 9.12. The molecule has 0 radical (unpaired) electrons. The van der Waals surface area contributed by atoms with Gasteiger partial charge in [-0.25, -0.2) is 4.39 Å². The van der Waals surface area contributed by atoms with Gasteiger partial charge in [0.05, 0.1) is 0 Å². The topological polar surface area (TPSA) is 21.3 Å². The second-order valence-electron chi connectivity index (χ2n) is 5.35. The monoisotopic (exact) mass is 213 g/mol. The van der Waals surface area contributed by atoms with E-state index < -0.39 is 6.17 Å². The van der Waals surface area contributed by atoms with E-state index in [2.05, 4.69) is 5.32 Å². The first-order valence-electron chi connectivity index (χ1n) is 6.32. The molecule has 86 valence electrons. The molecule has 3 aliphatic rings. The van der Waals surface area contributed by atoms with Crippen molar-refractivity contribution in [3.05, 3.63) is 0 Å². The molecule has 15 heavy (non-hydrogen) atoms. The van der Waals surface area contributed by atoms with Crippen LogP contribution in [0, 0.1) is 11.8 Å². The molecule has 0 aromatic heterocycles. The van der Waals surface area contributed by atoms with Crippen LogP contribution in [-0.4, -0.2) is 31.5 Å². The summed E-state index contributed by atoms with van der Waals surface area (Å²) in [7, 11) is 0. The van der Waals surface area contributed by atoms with Crippen LogP contribution in [0.5, 0.6) is 0 Å². The molecule has 5 atom stereocenters. The van der Waals surface area contributed by atoms with Gasteiger partial charge in [-0.1, -0.05) is 0 Å². The Kier molecular flexibility index (Phi) is 2.69. The van der Waals surface area contributed by atoms with Gasteiger partial charge in [0, 0.05) is 31.2 Å². The van der Waals surface area contributed by atoms with Crippen molar-refractivity contribution in [1.82, 2.24) is 5.32 Å². The number of hydrogen-bond acceptors (Lipinski definition) is 2. The van der Waals surface area contributed by atoms with Crippen molar-refractivity contribution in [2.45, 2.75) is 50.4 Å². The predicted molar refractivity (Wildman–Crippen MR) is 56.5 cm³/mol. The van der Waals surface area contributed by atoms with E-state index in [1.165, 1.54) is 12.8 Å². The molecule has 3 heteroatoms. The number of hydrogen-bond donors (Lipinski definition) is 1. The molecule has 2 bridgehead atoms. The molecule has 0 aliphatic carbocycles. The van der Waals surface area contributed by atoms with Crippen molar-refractivity contribution in [2.75, 3.05) is 13.2 Å². The lowest BCUT2D eigenvalue weighted by atomic mass is 9.77. The average molecular weight is 213 g/mol. The molecule has 0 spiro atoms. The summed E-state index contributed by atoms with van der Waals surface area (Å²) in [6.07, 6.45) is 4.77. The number of rotatable bonds is 1. The number of halogens is 1. The highest BCUT2D eigenvalue weighted by Gasteiger charge is 2.45. The van der Waals surface area contributed by atoms with Gasteiger partial charge in [0.1, 0.15) is 6.17 Å². The lowest BCUT2D eigenvalue weighted by molar-refractivity contribution is -0.0111. The zero-order chi connectivity index (χ0) is 10.3. The van der Waals surface area contributed by atoms with Gasteiger partial charge in [0.25, 0.3) is 0 Å². The molecule has 3 fully saturated rings. The molecule has 0 amide bonds. The van der Waals surface area contributed by atoms with E-state index in [-0.39, 0.29) is 5.92 Å². The molecule has 3 rings (SSSR count). The fourth-order valence-electron chi connectivity index (χ4n) is 3.71. The maximum absolute atomic E-state index is 14.1. The van der Waals surface area contributed by atoms with Crippen LogP contribution >= 0.6 is 0 Å². The minimum absolute atomic E-state index is 0.226. The third-order valence-electron chi connectivity index (χ3n) is 4.41. The Hall–Kier alpha value is -0.150. The lowest BCUT2D eigenvalue weighted by Crippen LogP contribution is -2.50. The summed E-state index contributed by atoms with van der Waals surface area (Å²) in [5.41, 5.74) is 0. The highest BCUT2D eigenvalue weighted by atomic mass is 19.1. The molecule has 0 aromatic rings. The van der Waals surface area contributed by atoms with Gasteiger partial charge in [0.2, 0.25) is 0 Å². The van der Waals surface area contributed by atoms with Crippen LogP contribution in [-0.2, 0) is 4.74 Å². The summed E-state index contributed by atoms with van der Waals surface area (Å²) in [6, 6.07) is 0.899. The molecular weight excluding hydrogens is 193 g/mol. The molecule has 3 heterocycles. The van der Waals surface area contributed by atoms with Crippen LogP contribution in [0.15, 0.2) is 0 Å². The van der Waals surface area contributed by atoms with E-state index in [9.17, 15) is 4.39 Å². The van der Waals surface area contributed by atoms with Gasteiger partial charge in [-0.2, -0.15) is 0 Å². The third kappa shape index (κ3) is 1.80. The van der Waals surface area contributed by atoms with Crippen molar-refractivity contribution >= 4 is 0 Å². The highest BCUT2D eigenvalue weighted by molar-refractivity contribution is 5.00. The molecule has 0 aromatic carbocycles. The van der Waals surface area contributed by atoms with Crippen molar-refractivity contribution in [2.24, 2.45) is 11.8 Å². The van der Waals surface area contributed by atoms with Crippen LogP contribution in [0.25, 0.3) is 0 Å². The van der Waals surface area contributed by atoms with Crippen LogP contribution in [0.1, 0.15) is 32.1 Å². The van der Waals surface area contributed by atoms with Crippen LogP contribution in [0.3, 0.4) is 0 Å². The number of ether oxygens (including phenoxy) is 1. The Morgan fingerprint density at radius 2 is 2.13 bits per heavy atom. The van der Waals surface area contributed by atoms with Crippen LogP contribution < -0.4 is 5.32 Å². The summed E-state index contributed by atoms with van der Waals surface area (Å²) in [5, 5.41) is 3.57. The van der Waals surface area contributed by atoms with Crippen molar-refractivity contribution in [3.63, 3.8) is 0 Å². The van der Waals surface area contributed by atoms with Gasteiger partial charge in [0.15, 0.2) is 0 Å².